The Morgan fingerprint density at radius 3 is 2.63 bits per heavy atom. The maximum atomic E-state index is 13.9. The second-order valence-corrected chi connectivity index (χ2v) is 9.70. The summed E-state index contributed by atoms with van der Waals surface area (Å²) in [5.41, 5.74) is 2.90. The Morgan fingerprint density at radius 2 is 1.79 bits per heavy atom. The minimum Gasteiger partial charge on any atom is -0.454 e. The number of para-hydroxylation sites is 1. The summed E-state index contributed by atoms with van der Waals surface area (Å²) in [5, 5.41) is 13.2. The third kappa shape index (κ3) is 4.81. The van der Waals surface area contributed by atoms with Gasteiger partial charge in [0.1, 0.15) is 18.1 Å². The van der Waals surface area contributed by atoms with E-state index < -0.39 is 6.04 Å². The Bertz CT molecular complexity index is 1590. The fourth-order valence-electron chi connectivity index (χ4n) is 4.41. The summed E-state index contributed by atoms with van der Waals surface area (Å²) >= 11 is 1.42. The van der Waals surface area contributed by atoms with Crippen LogP contribution in [0.5, 0.6) is 11.5 Å². The van der Waals surface area contributed by atoms with Gasteiger partial charge in [-0.05, 0) is 41.3 Å². The largest absolute Gasteiger partial charge is 0.454 e. The Kier molecular flexibility index (Phi) is 6.45. The summed E-state index contributed by atoms with van der Waals surface area (Å²) in [6.07, 6.45) is 0. The first kappa shape index (κ1) is 23.7. The van der Waals surface area contributed by atoms with Gasteiger partial charge in [0.2, 0.25) is 12.7 Å². The highest BCUT2D eigenvalue weighted by atomic mass is 32.1. The van der Waals surface area contributed by atoms with Gasteiger partial charge >= 0.3 is 0 Å². The number of fused-ring (bicyclic) bond motifs is 2. The number of rotatable bonds is 8. The van der Waals surface area contributed by atoms with E-state index in [0.717, 1.165) is 16.0 Å². The molecule has 0 bridgehead atoms. The van der Waals surface area contributed by atoms with E-state index in [1.165, 1.54) is 11.3 Å². The molecule has 1 atom stereocenters. The highest BCUT2D eigenvalue weighted by Crippen LogP contribution is 2.35. The molecule has 1 aliphatic rings. The Morgan fingerprint density at radius 1 is 0.974 bits per heavy atom. The van der Waals surface area contributed by atoms with Gasteiger partial charge in [0.25, 0.3) is 5.91 Å². The smallest absolute Gasteiger partial charge is 0.252 e. The average Bonchev–Trinajstić information content (AvgIpc) is 3.71. The molecule has 1 aliphatic heterocycles. The van der Waals surface area contributed by atoms with Gasteiger partial charge in [0.15, 0.2) is 11.5 Å². The highest BCUT2D eigenvalue weighted by molar-refractivity contribution is 7.10. The van der Waals surface area contributed by atoms with Crippen LogP contribution < -0.4 is 14.8 Å². The number of carbonyl (C=O) groups is 2. The number of carbonyl (C=O) groups excluding carboxylic acids is 2. The topological polar surface area (TPSA) is 98.6 Å². The first-order valence-electron chi connectivity index (χ1n) is 12.0. The summed E-state index contributed by atoms with van der Waals surface area (Å²) in [5.74, 6) is 0.590. The van der Waals surface area contributed by atoms with Crippen LogP contribution >= 0.6 is 11.3 Å². The van der Waals surface area contributed by atoms with E-state index in [-0.39, 0.29) is 31.7 Å². The molecule has 0 fully saturated rings. The number of nitrogens with one attached hydrogen (secondary N) is 1. The molecule has 0 spiro atoms. The number of hydrogen-bond acceptors (Lipinski definition) is 7. The molecule has 3 aromatic carbocycles. The van der Waals surface area contributed by atoms with Crippen molar-refractivity contribution in [1.82, 2.24) is 19.9 Å². The summed E-state index contributed by atoms with van der Waals surface area (Å²) in [4.78, 5) is 30.1. The molecule has 1 unspecified atom stereocenters. The van der Waals surface area contributed by atoms with Gasteiger partial charge in [-0.2, -0.15) is 0 Å². The predicted octanol–water partition coefficient (Wildman–Crippen LogP) is 4.63. The maximum Gasteiger partial charge on any atom is 0.252 e. The zero-order valence-corrected chi connectivity index (χ0v) is 21.0. The fraction of sp³-hybridized carbons (Fsp3) is 0.143. The molecule has 3 heterocycles. The van der Waals surface area contributed by atoms with Crippen molar-refractivity contribution in [3.8, 4) is 11.5 Å². The molecule has 38 heavy (non-hydrogen) atoms. The molecule has 10 heteroatoms. The van der Waals surface area contributed by atoms with Crippen molar-refractivity contribution in [3.63, 3.8) is 0 Å². The quantitative estimate of drug-likeness (QED) is 0.317. The predicted molar refractivity (Wildman–Crippen MR) is 143 cm³/mol. The van der Waals surface area contributed by atoms with Crippen LogP contribution in [0.4, 0.5) is 5.69 Å². The van der Waals surface area contributed by atoms with E-state index in [4.69, 9.17) is 9.47 Å². The molecule has 2 amide bonds. The lowest BCUT2D eigenvalue weighted by molar-refractivity contribution is -0.140. The lowest BCUT2D eigenvalue weighted by Gasteiger charge is -2.30. The molecule has 0 radical (unpaired) electrons. The lowest BCUT2D eigenvalue weighted by atomic mass is 10.1. The number of aromatic nitrogens is 3. The summed E-state index contributed by atoms with van der Waals surface area (Å²) < 4.78 is 12.4. The molecule has 190 valence electrons. The molecule has 9 nitrogen and oxygen atoms in total. The third-order valence-corrected chi connectivity index (χ3v) is 7.16. The molecule has 6 rings (SSSR count). The minimum atomic E-state index is -0.872. The van der Waals surface area contributed by atoms with Crippen molar-refractivity contribution < 1.29 is 19.1 Å². The van der Waals surface area contributed by atoms with Gasteiger partial charge in [0, 0.05) is 23.2 Å². The molecular formula is C28H23N5O4S. The van der Waals surface area contributed by atoms with Crippen LogP contribution in [0.1, 0.15) is 16.5 Å². The number of hydrogen-bond donors (Lipinski definition) is 1. The van der Waals surface area contributed by atoms with Crippen LogP contribution in [0, 0.1) is 0 Å². The van der Waals surface area contributed by atoms with Crippen LogP contribution in [-0.4, -0.2) is 38.5 Å². The van der Waals surface area contributed by atoms with Crippen LogP contribution in [0.3, 0.4) is 0 Å². The van der Waals surface area contributed by atoms with Gasteiger partial charge < -0.3 is 19.7 Å². The highest BCUT2D eigenvalue weighted by Gasteiger charge is 2.33. The van der Waals surface area contributed by atoms with E-state index in [0.29, 0.717) is 22.7 Å². The number of ether oxygens (including phenoxy) is 2. The number of thiophene rings is 1. The Hall–Kier alpha value is -4.70. The van der Waals surface area contributed by atoms with Crippen molar-refractivity contribution in [3.05, 3.63) is 101 Å². The third-order valence-electron chi connectivity index (χ3n) is 6.23. The molecule has 2 aromatic heterocycles. The number of benzene rings is 3. The number of amides is 2. The van der Waals surface area contributed by atoms with E-state index in [2.05, 4.69) is 15.6 Å². The molecule has 0 saturated heterocycles. The number of nitrogens with zero attached hydrogens (tertiary/aromatic N) is 4. The summed E-state index contributed by atoms with van der Waals surface area (Å²) in [7, 11) is 0. The SMILES string of the molecule is O=C(Nc1ccc2c(c1)OCO2)C(c1cccs1)N(Cc1ccccc1)C(=O)Cn1nnc2ccccc21. The number of anilines is 1. The first-order chi connectivity index (χ1) is 18.7. The van der Waals surface area contributed by atoms with Crippen LogP contribution in [0.25, 0.3) is 11.0 Å². The second-order valence-electron chi connectivity index (χ2n) is 8.72. The molecule has 0 saturated carbocycles. The fourth-order valence-corrected chi connectivity index (χ4v) is 5.25. The van der Waals surface area contributed by atoms with Crippen LogP contribution in [0.15, 0.2) is 90.3 Å². The van der Waals surface area contributed by atoms with Gasteiger partial charge in [-0.3, -0.25) is 9.59 Å². The van der Waals surface area contributed by atoms with Crippen molar-refractivity contribution in [2.75, 3.05) is 12.1 Å². The Balaban J connectivity index is 1.34. The van der Waals surface area contributed by atoms with Crippen LogP contribution in [-0.2, 0) is 22.7 Å². The van der Waals surface area contributed by atoms with Gasteiger partial charge in [-0.25, -0.2) is 4.68 Å². The summed E-state index contributed by atoms with van der Waals surface area (Å²) in [6, 6.07) is 25.2. The van der Waals surface area contributed by atoms with Crippen LogP contribution in [0.2, 0.25) is 0 Å². The zero-order valence-electron chi connectivity index (χ0n) is 20.2. The van der Waals surface area contributed by atoms with E-state index in [1.807, 2.05) is 72.1 Å². The van der Waals surface area contributed by atoms with Gasteiger partial charge in [-0.1, -0.05) is 53.7 Å². The standard InChI is InChI=1S/C28H23N5O4S/c34-26(17-33-22-10-5-4-9-21(22)30-31-33)32(16-19-7-2-1-3-8-19)27(25-11-6-14-38-25)28(35)29-20-12-13-23-24(15-20)37-18-36-23/h1-15,27H,16-18H2,(H,29,35). The molecule has 1 N–H and O–H groups in total. The minimum absolute atomic E-state index is 0.0630. The summed E-state index contributed by atoms with van der Waals surface area (Å²) in [6.45, 7) is 0.316. The average molecular weight is 526 g/mol. The Labute approximate surface area is 222 Å². The van der Waals surface area contributed by atoms with E-state index >= 15 is 0 Å². The monoisotopic (exact) mass is 525 g/mol. The van der Waals surface area contributed by atoms with Crippen molar-refractivity contribution in [2.45, 2.75) is 19.1 Å². The molecule has 5 aromatic rings. The van der Waals surface area contributed by atoms with Gasteiger partial charge in [0.05, 0.1) is 5.52 Å². The normalized spacial score (nSPS) is 12.8. The lowest BCUT2D eigenvalue weighted by Crippen LogP contribution is -2.42. The molecule has 0 aliphatic carbocycles. The van der Waals surface area contributed by atoms with Crippen molar-refractivity contribution in [1.29, 1.82) is 0 Å². The second kappa shape index (κ2) is 10.3. The van der Waals surface area contributed by atoms with Gasteiger partial charge in [-0.15, -0.1) is 16.4 Å². The maximum absolute atomic E-state index is 13.9. The van der Waals surface area contributed by atoms with E-state index in [1.54, 1.807) is 27.8 Å². The van der Waals surface area contributed by atoms with E-state index in [9.17, 15) is 9.59 Å². The van der Waals surface area contributed by atoms with Crippen molar-refractivity contribution >= 4 is 39.9 Å². The molecular weight excluding hydrogens is 502 g/mol. The van der Waals surface area contributed by atoms with Crippen molar-refractivity contribution in [2.24, 2.45) is 0 Å². The zero-order chi connectivity index (χ0) is 25.9. The first-order valence-corrected chi connectivity index (χ1v) is 12.9.